The fourth-order valence-corrected chi connectivity index (χ4v) is 2.13. The number of nitrogens with two attached hydrogens (primary N) is 1. The molecule has 1 heterocycles. The Balaban J connectivity index is 2.36. The van der Waals surface area contributed by atoms with E-state index in [-0.39, 0.29) is 11.7 Å². The maximum atomic E-state index is 11.9. The standard InChI is InChI=1S/C12H12BrN3O2/c1-6(14)10-15-11(17)9(12(18)16-10)7-3-2-4-8(13)5-7/h2-6,9H,14H2,1H3,(H,15,16,17,18). The smallest absolute Gasteiger partial charge is 0.264 e. The Bertz CT molecular complexity index is 540. The Kier molecular flexibility index (Phi) is 3.58. The minimum Gasteiger partial charge on any atom is -0.322 e. The summed E-state index contributed by atoms with van der Waals surface area (Å²) in [6.45, 7) is 1.66. The SMILES string of the molecule is CC(N)C1=NC(=O)C(c2cccc(Br)c2)C(=O)N1. The number of amides is 2. The number of carbonyl (C=O) groups excluding carboxylic acids is 2. The highest BCUT2D eigenvalue weighted by atomic mass is 79.9. The van der Waals surface area contributed by atoms with E-state index < -0.39 is 17.9 Å². The second kappa shape index (κ2) is 4.99. The minimum absolute atomic E-state index is 0.219. The lowest BCUT2D eigenvalue weighted by atomic mass is 9.96. The van der Waals surface area contributed by atoms with E-state index in [0.717, 1.165) is 4.47 Å². The first kappa shape index (κ1) is 12.9. The summed E-state index contributed by atoms with van der Waals surface area (Å²) in [5.41, 5.74) is 6.21. The number of aliphatic imine (C=N–C) groups is 1. The van der Waals surface area contributed by atoms with Crippen LogP contribution in [0, 0.1) is 0 Å². The maximum Gasteiger partial charge on any atom is 0.264 e. The molecule has 6 heteroatoms. The normalized spacial score (nSPS) is 21.3. The van der Waals surface area contributed by atoms with E-state index in [0.29, 0.717) is 5.56 Å². The van der Waals surface area contributed by atoms with Gasteiger partial charge in [0.2, 0.25) is 5.91 Å². The predicted octanol–water partition coefficient (Wildman–Crippen LogP) is 0.935. The molecule has 0 radical (unpaired) electrons. The molecule has 0 spiro atoms. The highest BCUT2D eigenvalue weighted by Crippen LogP contribution is 2.23. The molecule has 2 atom stereocenters. The van der Waals surface area contributed by atoms with Crippen LogP contribution in [-0.2, 0) is 9.59 Å². The van der Waals surface area contributed by atoms with Crippen LogP contribution in [0.5, 0.6) is 0 Å². The van der Waals surface area contributed by atoms with Gasteiger partial charge in [-0.3, -0.25) is 9.59 Å². The van der Waals surface area contributed by atoms with Crippen molar-refractivity contribution in [1.29, 1.82) is 0 Å². The summed E-state index contributed by atoms with van der Waals surface area (Å²) < 4.78 is 0.808. The number of amidine groups is 1. The van der Waals surface area contributed by atoms with Gasteiger partial charge in [-0.1, -0.05) is 28.1 Å². The van der Waals surface area contributed by atoms with Crippen molar-refractivity contribution in [1.82, 2.24) is 5.32 Å². The number of benzene rings is 1. The molecule has 5 nitrogen and oxygen atoms in total. The molecule has 2 amide bonds. The number of carbonyl (C=O) groups is 2. The molecule has 1 aromatic carbocycles. The topological polar surface area (TPSA) is 84.5 Å². The van der Waals surface area contributed by atoms with Crippen LogP contribution >= 0.6 is 15.9 Å². The van der Waals surface area contributed by atoms with Crippen LogP contribution in [0.15, 0.2) is 33.7 Å². The molecule has 3 N–H and O–H groups in total. The first-order chi connectivity index (χ1) is 8.49. The van der Waals surface area contributed by atoms with E-state index in [4.69, 9.17) is 5.73 Å². The van der Waals surface area contributed by atoms with Crippen LogP contribution in [0.4, 0.5) is 0 Å². The minimum atomic E-state index is -0.898. The van der Waals surface area contributed by atoms with Gasteiger partial charge >= 0.3 is 0 Å². The zero-order chi connectivity index (χ0) is 13.3. The van der Waals surface area contributed by atoms with Crippen LogP contribution in [0.25, 0.3) is 0 Å². The molecule has 0 aromatic heterocycles. The van der Waals surface area contributed by atoms with Crippen molar-refractivity contribution in [2.75, 3.05) is 0 Å². The Hall–Kier alpha value is -1.53. The van der Waals surface area contributed by atoms with Crippen LogP contribution in [0.1, 0.15) is 18.4 Å². The first-order valence-corrected chi connectivity index (χ1v) is 6.22. The van der Waals surface area contributed by atoms with Gasteiger partial charge in [-0.15, -0.1) is 0 Å². The largest absolute Gasteiger partial charge is 0.322 e. The molecule has 94 valence electrons. The average Bonchev–Trinajstić information content (AvgIpc) is 2.27. The summed E-state index contributed by atoms with van der Waals surface area (Å²) in [6.07, 6.45) is 0. The first-order valence-electron chi connectivity index (χ1n) is 5.43. The summed E-state index contributed by atoms with van der Waals surface area (Å²) >= 11 is 3.30. The Morgan fingerprint density at radius 1 is 1.44 bits per heavy atom. The molecule has 0 bridgehead atoms. The van der Waals surface area contributed by atoms with E-state index in [1.165, 1.54) is 0 Å². The summed E-state index contributed by atoms with van der Waals surface area (Å²) in [7, 11) is 0. The van der Waals surface area contributed by atoms with Gasteiger partial charge in [0.1, 0.15) is 11.8 Å². The molecule has 18 heavy (non-hydrogen) atoms. The molecule has 0 saturated carbocycles. The Morgan fingerprint density at radius 3 is 2.72 bits per heavy atom. The maximum absolute atomic E-state index is 11.9. The molecular weight excluding hydrogens is 298 g/mol. The number of nitrogens with zero attached hydrogens (tertiary/aromatic N) is 1. The molecule has 0 fully saturated rings. The van der Waals surface area contributed by atoms with E-state index in [2.05, 4.69) is 26.2 Å². The van der Waals surface area contributed by atoms with Crippen molar-refractivity contribution in [2.45, 2.75) is 18.9 Å². The van der Waals surface area contributed by atoms with Crippen LogP contribution < -0.4 is 11.1 Å². The third kappa shape index (κ3) is 2.49. The quantitative estimate of drug-likeness (QED) is 0.797. The van der Waals surface area contributed by atoms with Crippen molar-refractivity contribution >= 4 is 33.6 Å². The Labute approximate surface area is 113 Å². The second-order valence-corrected chi connectivity index (χ2v) is 5.02. The highest BCUT2D eigenvalue weighted by Gasteiger charge is 2.34. The van der Waals surface area contributed by atoms with Gasteiger partial charge in [0.05, 0.1) is 6.04 Å². The van der Waals surface area contributed by atoms with Crippen LogP contribution in [0.2, 0.25) is 0 Å². The molecule has 0 aliphatic carbocycles. The van der Waals surface area contributed by atoms with Crippen molar-refractivity contribution in [3.63, 3.8) is 0 Å². The number of nitrogens with one attached hydrogen (secondary N) is 1. The van der Waals surface area contributed by atoms with Crippen LogP contribution in [0.3, 0.4) is 0 Å². The number of hydrogen-bond acceptors (Lipinski definition) is 3. The lowest BCUT2D eigenvalue weighted by Crippen LogP contribution is -2.49. The van der Waals surface area contributed by atoms with Gasteiger partial charge in [0.25, 0.3) is 5.91 Å². The third-order valence-corrected chi connectivity index (χ3v) is 3.10. The average molecular weight is 310 g/mol. The van der Waals surface area contributed by atoms with Gasteiger partial charge in [0.15, 0.2) is 0 Å². The van der Waals surface area contributed by atoms with Gasteiger partial charge in [-0.05, 0) is 24.6 Å². The monoisotopic (exact) mass is 309 g/mol. The van der Waals surface area contributed by atoms with Gasteiger partial charge < -0.3 is 11.1 Å². The lowest BCUT2D eigenvalue weighted by molar-refractivity contribution is -0.129. The van der Waals surface area contributed by atoms with E-state index in [1.54, 1.807) is 25.1 Å². The molecule has 2 unspecified atom stereocenters. The zero-order valence-electron chi connectivity index (χ0n) is 9.68. The lowest BCUT2D eigenvalue weighted by Gasteiger charge is -2.22. The van der Waals surface area contributed by atoms with E-state index in [9.17, 15) is 9.59 Å². The number of halogens is 1. The summed E-state index contributed by atoms with van der Waals surface area (Å²) in [6, 6.07) is 6.57. The molecule has 1 aromatic rings. The zero-order valence-corrected chi connectivity index (χ0v) is 11.3. The molecular formula is C12H12BrN3O2. The molecule has 1 aliphatic heterocycles. The van der Waals surface area contributed by atoms with Gasteiger partial charge in [-0.2, -0.15) is 4.99 Å². The van der Waals surface area contributed by atoms with Gasteiger partial charge in [0, 0.05) is 4.47 Å². The third-order valence-electron chi connectivity index (χ3n) is 2.60. The second-order valence-electron chi connectivity index (χ2n) is 4.10. The van der Waals surface area contributed by atoms with Crippen molar-refractivity contribution in [2.24, 2.45) is 10.7 Å². The fourth-order valence-electron chi connectivity index (χ4n) is 1.72. The predicted molar refractivity (Wildman–Crippen MR) is 71.1 cm³/mol. The van der Waals surface area contributed by atoms with Gasteiger partial charge in [-0.25, -0.2) is 0 Å². The molecule has 0 saturated heterocycles. The van der Waals surface area contributed by atoms with E-state index in [1.807, 2.05) is 6.07 Å². The van der Waals surface area contributed by atoms with Crippen molar-refractivity contribution in [3.05, 3.63) is 34.3 Å². The highest BCUT2D eigenvalue weighted by molar-refractivity contribution is 9.10. The fraction of sp³-hybridized carbons (Fsp3) is 0.250. The summed E-state index contributed by atoms with van der Waals surface area (Å²) in [5.74, 6) is -1.55. The number of hydrogen-bond donors (Lipinski definition) is 2. The van der Waals surface area contributed by atoms with Crippen LogP contribution in [-0.4, -0.2) is 23.7 Å². The molecule has 2 rings (SSSR count). The summed E-state index contributed by atoms with van der Waals surface area (Å²) in [4.78, 5) is 27.7. The van der Waals surface area contributed by atoms with Crippen molar-refractivity contribution in [3.8, 4) is 0 Å². The molecule has 1 aliphatic rings. The number of rotatable bonds is 2. The Morgan fingerprint density at radius 2 is 2.17 bits per heavy atom. The van der Waals surface area contributed by atoms with Crippen molar-refractivity contribution < 1.29 is 9.59 Å². The summed E-state index contributed by atoms with van der Waals surface area (Å²) in [5, 5.41) is 2.56. The van der Waals surface area contributed by atoms with E-state index >= 15 is 0 Å².